The number of rotatable bonds is 4. The average molecular weight is 391 g/mol. The maximum Gasteiger partial charge on any atom is 0.265 e. The monoisotopic (exact) mass is 389 g/mol. The van der Waals surface area contributed by atoms with E-state index in [2.05, 4.69) is 20.7 Å². The zero-order chi connectivity index (χ0) is 15.6. The Hall–Kier alpha value is -1.24. The smallest absolute Gasteiger partial charge is 0.265 e. The van der Waals surface area contributed by atoms with E-state index in [1.807, 2.05) is 13.0 Å². The lowest BCUT2D eigenvalue weighted by molar-refractivity contribution is 0.403. The van der Waals surface area contributed by atoms with Crippen molar-refractivity contribution in [3.8, 4) is 5.75 Å². The highest BCUT2D eigenvalue weighted by Crippen LogP contribution is 2.29. The van der Waals surface area contributed by atoms with Crippen LogP contribution in [-0.2, 0) is 10.0 Å². The Labute approximate surface area is 137 Å². The molecule has 0 bridgehead atoms. The quantitative estimate of drug-likeness (QED) is 0.850. The fraction of sp³-hybridized carbons (Fsp3) is 0.143. The lowest BCUT2D eigenvalue weighted by atomic mass is 10.2. The lowest BCUT2D eigenvalue weighted by Gasteiger charge is -2.12. The highest BCUT2D eigenvalue weighted by molar-refractivity contribution is 9.10. The topological polar surface area (TPSA) is 55.4 Å². The molecule has 0 heterocycles. The van der Waals surface area contributed by atoms with Gasteiger partial charge >= 0.3 is 0 Å². The third-order valence-electron chi connectivity index (χ3n) is 2.84. The molecule has 0 aliphatic rings. The standard InChI is InChI=1S/C14H13BrClNO3S/c1-9-3-5-11(8-12(9)15)17-21(18,19)14-7-10(16)4-6-13(14)20-2/h3-8,17H,1-2H3. The molecular weight excluding hydrogens is 378 g/mol. The van der Waals surface area contributed by atoms with Crippen LogP contribution in [0.15, 0.2) is 45.8 Å². The molecule has 0 fully saturated rings. The summed E-state index contributed by atoms with van der Waals surface area (Å²) in [5.74, 6) is 0.234. The van der Waals surface area contributed by atoms with Crippen molar-refractivity contribution >= 4 is 43.2 Å². The maximum atomic E-state index is 12.5. The summed E-state index contributed by atoms with van der Waals surface area (Å²) >= 11 is 9.24. The summed E-state index contributed by atoms with van der Waals surface area (Å²) in [6.07, 6.45) is 0. The second kappa shape index (κ2) is 6.25. The summed E-state index contributed by atoms with van der Waals surface area (Å²) < 4.78 is 33.3. The van der Waals surface area contributed by atoms with Gasteiger partial charge < -0.3 is 4.74 Å². The number of ether oxygens (including phenoxy) is 1. The summed E-state index contributed by atoms with van der Waals surface area (Å²) in [7, 11) is -2.38. The number of hydrogen-bond donors (Lipinski definition) is 1. The van der Waals surface area contributed by atoms with E-state index in [1.54, 1.807) is 18.2 Å². The van der Waals surface area contributed by atoms with Gasteiger partial charge in [0.1, 0.15) is 10.6 Å². The van der Waals surface area contributed by atoms with E-state index in [-0.39, 0.29) is 10.6 Å². The Morgan fingerprint density at radius 1 is 1.19 bits per heavy atom. The summed E-state index contributed by atoms with van der Waals surface area (Å²) in [5, 5.41) is 0.321. The van der Waals surface area contributed by atoms with Gasteiger partial charge in [0.05, 0.1) is 7.11 Å². The van der Waals surface area contributed by atoms with E-state index in [1.165, 1.54) is 19.2 Å². The molecule has 0 saturated carbocycles. The number of benzene rings is 2. The van der Waals surface area contributed by atoms with Crippen LogP contribution in [0.1, 0.15) is 5.56 Å². The molecule has 112 valence electrons. The van der Waals surface area contributed by atoms with E-state index in [0.29, 0.717) is 10.7 Å². The summed E-state index contributed by atoms with van der Waals surface area (Å²) in [5.41, 5.74) is 1.47. The first kappa shape index (κ1) is 16.1. The SMILES string of the molecule is COc1ccc(Cl)cc1S(=O)(=O)Nc1ccc(C)c(Br)c1. The van der Waals surface area contributed by atoms with Gasteiger partial charge in [-0.3, -0.25) is 4.72 Å². The number of aryl methyl sites for hydroxylation is 1. The molecule has 2 aromatic carbocycles. The predicted molar refractivity (Wildman–Crippen MR) is 87.7 cm³/mol. The first-order valence-corrected chi connectivity index (χ1v) is 8.61. The minimum absolute atomic E-state index is 0.00537. The largest absolute Gasteiger partial charge is 0.495 e. The van der Waals surface area contributed by atoms with Crippen LogP contribution < -0.4 is 9.46 Å². The van der Waals surface area contributed by atoms with Crippen molar-refractivity contribution in [2.75, 3.05) is 11.8 Å². The van der Waals surface area contributed by atoms with E-state index >= 15 is 0 Å². The molecule has 0 radical (unpaired) electrons. The van der Waals surface area contributed by atoms with E-state index in [9.17, 15) is 8.42 Å². The number of halogens is 2. The molecule has 1 N–H and O–H groups in total. The number of hydrogen-bond acceptors (Lipinski definition) is 3. The third kappa shape index (κ3) is 3.70. The van der Waals surface area contributed by atoms with Crippen molar-refractivity contribution in [3.63, 3.8) is 0 Å². The van der Waals surface area contributed by atoms with Gasteiger partial charge in [-0.05, 0) is 42.8 Å². The number of anilines is 1. The minimum atomic E-state index is -3.79. The molecule has 4 nitrogen and oxygen atoms in total. The van der Waals surface area contributed by atoms with Gasteiger partial charge in [0.2, 0.25) is 0 Å². The Balaban J connectivity index is 2.42. The van der Waals surface area contributed by atoms with Crippen LogP contribution in [0.3, 0.4) is 0 Å². The Morgan fingerprint density at radius 3 is 2.52 bits per heavy atom. The molecule has 0 aromatic heterocycles. The fourth-order valence-electron chi connectivity index (χ4n) is 1.73. The first-order chi connectivity index (χ1) is 9.83. The van der Waals surface area contributed by atoms with Gasteiger partial charge in [0, 0.05) is 15.2 Å². The number of nitrogens with one attached hydrogen (secondary N) is 1. The van der Waals surface area contributed by atoms with Crippen LogP contribution in [0.4, 0.5) is 5.69 Å². The molecular formula is C14H13BrClNO3S. The van der Waals surface area contributed by atoms with Gasteiger partial charge in [-0.15, -0.1) is 0 Å². The molecule has 0 unspecified atom stereocenters. The van der Waals surface area contributed by atoms with Crippen molar-refractivity contribution in [1.29, 1.82) is 0 Å². The van der Waals surface area contributed by atoms with Crippen molar-refractivity contribution in [3.05, 3.63) is 51.5 Å². The van der Waals surface area contributed by atoms with Gasteiger partial charge in [0.15, 0.2) is 0 Å². The molecule has 0 aliphatic carbocycles. The van der Waals surface area contributed by atoms with Crippen molar-refractivity contribution < 1.29 is 13.2 Å². The summed E-state index contributed by atoms with van der Waals surface area (Å²) in [6, 6.07) is 9.64. The van der Waals surface area contributed by atoms with Crippen molar-refractivity contribution in [2.24, 2.45) is 0 Å². The van der Waals surface area contributed by atoms with Crippen LogP contribution in [0.5, 0.6) is 5.75 Å². The molecule has 0 aliphatic heterocycles. The maximum absolute atomic E-state index is 12.5. The van der Waals surface area contributed by atoms with Gasteiger partial charge in [-0.25, -0.2) is 8.42 Å². The van der Waals surface area contributed by atoms with Crippen LogP contribution in [0.25, 0.3) is 0 Å². The van der Waals surface area contributed by atoms with Crippen molar-refractivity contribution in [2.45, 2.75) is 11.8 Å². The van der Waals surface area contributed by atoms with Crippen LogP contribution in [-0.4, -0.2) is 15.5 Å². The van der Waals surface area contributed by atoms with E-state index in [4.69, 9.17) is 16.3 Å². The number of sulfonamides is 1. The lowest BCUT2D eigenvalue weighted by Crippen LogP contribution is -2.14. The van der Waals surface area contributed by atoms with Gasteiger partial charge in [-0.2, -0.15) is 0 Å². The van der Waals surface area contributed by atoms with Crippen LogP contribution in [0.2, 0.25) is 5.02 Å². The summed E-state index contributed by atoms with van der Waals surface area (Å²) in [6.45, 7) is 1.92. The molecule has 7 heteroatoms. The van der Waals surface area contributed by atoms with E-state index in [0.717, 1.165) is 10.0 Å². The zero-order valence-corrected chi connectivity index (χ0v) is 14.5. The molecule has 21 heavy (non-hydrogen) atoms. The molecule has 0 saturated heterocycles. The molecule has 0 amide bonds. The Bertz CT molecular complexity index is 778. The molecule has 2 rings (SSSR count). The van der Waals surface area contributed by atoms with Crippen LogP contribution in [0, 0.1) is 6.92 Å². The average Bonchev–Trinajstić information content (AvgIpc) is 2.42. The van der Waals surface area contributed by atoms with E-state index < -0.39 is 10.0 Å². The minimum Gasteiger partial charge on any atom is -0.495 e. The van der Waals surface area contributed by atoms with Gasteiger partial charge in [-0.1, -0.05) is 33.6 Å². The predicted octanol–water partition coefficient (Wildman–Crippen LogP) is 4.22. The second-order valence-electron chi connectivity index (χ2n) is 4.36. The van der Waals surface area contributed by atoms with Crippen LogP contribution >= 0.6 is 27.5 Å². The fourth-order valence-corrected chi connectivity index (χ4v) is 3.59. The highest BCUT2D eigenvalue weighted by atomic mass is 79.9. The summed E-state index contributed by atoms with van der Waals surface area (Å²) in [4.78, 5) is -0.00537. The Kier molecular flexibility index (Phi) is 4.81. The normalized spacial score (nSPS) is 11.2. The van der Waals surface area contributed by atoms with Crippen molar-refractivity contribution in [1.82, 2.24) is 0 Å². The molecule has 2 aromatic rings. The molecule has 0 atom stereocenters. The zero-order valence-electron chi connectivity index (χ0n) is 11.4. The number of methoxy groups -OCH3 is 1. The van der Waals surface area contributed by atoms with Gasteiger partial charge in [0.25, 0.3) is 10.0 Å². The highest BCUT2D eigenvalue weighted by Gasteiger charge is 2.20. The Morgan fingerprint density at radius 2 is 1.90 bits per heavy atom. The first-order valence-electron chi connectivity index (χ1n) is 5.96. The third-order valence-corrected chi connectivity index (χ3v) is 5.33. The molecule has 0 spiro atoms. The second-order valence-corrected chi connectivity index (χ2v) is 7.31.